The van der Waals surface area contributed by atoms with Gasteiger partial charge >= 0.3 is 0 Å². The van der Waals surface area contributed by atoms with Gasteiger partial charge in [-0.15, -0.1) is 0 Å². The minimum absolute atomic E-state index is 0.333. The molecule has 1 aliphatic heterocycles. The summed E-state index contributed by atoms with van der Waals surface area (Å²) in [4.78, 5) is 2.48. The van der Waals surface area contributed by atoms with Crippen molar-refractivity contribution < 1.29 is 4.74 Å². The summed E-state index contributed by atoms with van der Waals surface area (Å²) < 4.78 is 6.56. The van der Waals surface area contributed by atoms with Gasteiger partial charge in [0.25, 0.3) is 0 Å². The van der Waals surface area contributed by atoms with Crippen molar-refractivity contribution in [3.05, 3.63) is 247 Å². The van der Waals surface area contributed by atoms with Crippen LogP contribution in [0.2, 0.25) is 0 Å². The van der Waals surface area contributed by atoms with Crippen LogP contribution in [0.15, 0.2) is 231 Å². The normalized spacial score (nSPS) is 14.4. The van der Waals surface area contributed by atoms with E-state index in [1.807, 2.05) is 0 Å². The van der Waals surface area contributed by atoms with Gasteiger partial charge in [0.2, 0.25) is 0 Å². The Labute approximate surface area is 362 Å². The lowest BCUT2D eigenvalue weighted by Gasteiger charge is -2.32. The zero-order valence-corrected chi connectivity index (χ0v) is 34.3. The van der Waals surface area contributed by atoms with Gasteiger partial charge in [-0.05, 0) is 110 Å². The van der Waals surface area contributed by atoms with Crippen molar-refractivity contribution in [2.45, 2.75) is 12.3 Å². The van der Waals surface area contributed by atoms with Crippen LogP contribution in [0, 0.1) is 0 Å². The minimum atomic E-state index is -0.333. The molecule has 0 saturated carbocycles. The molecule has 62 heavy (non-hydrogen) atoms. The summed E-state index contributed by atoms with van der Waals surface area (Å²) in [6, 6.07) is 83.8. The van der Waals surface area contributed by atoms with E-state index < -0.39 is 0 Å². The van der Waals surface area contributed by atoms with Crippen molar-refractivity contribution in [3.8, 4) is 67.1 Å². The van der Waals surface area contributed by atoms with Crippen molar-refractivity contribution in [1.82, 2.24) is 0 Å². The average molecular weight is 792 g/mol. The largest absolute Gasteiger partial charge is 0.456 e. The smallest absolute Gasteiger partial charge is 0.135 e. The molecule has 0 amide bonds. The number of hydrogen-bond donors (Lipinski definition) is 0. The third-order valence-electron chi connectivity index (χ3n) is 13.2. The lowest BCUT2D eigenvalue weighted by Crippen LogP contribution is -2.22. The number of ether oxygens (including phenoxy) is 1. The second-order valence-electron chi connectivity index (χ2n) is 16.6. The maximum atomic E-state index is 6.56. The van der Waals surface area contributed by atoms with Crippen LogP contribution in [0.4, 0.5) is 17.1 Å². The first-order valence-electron chi connectivity index (χ1n) is 21.4. The van der Waals surface area contributed by atoms with Crippen LogP contribution in [0.5, 0.6) is 11.5 Å². The van der Waals surface area contributed by atoms with E-state index in [0.29, 0.717) is 0 Å². The highest BCUT2D eigenvalue weighted by Gasteiger charge is 2.42. The Morgan fingerprint density at radius 3 is 1.68 bits per heavy atom. The summed E-state index contributed by atoms with van der Waals surface area (Å²) in [6.45, 7) is 2.39. The maximum Gasteiger partial charge on any atom is 0.135 e. The molecule has 2 nitrogen and oxygen atoms in total. The predicted octanol–water partition coefficient (Wildman–Crippen LogP) is 16.4. The molecule has 0 fully saturated rings. The molecule has 1 heterocycles. The van der Waals surface area contributed by atoms with Crippen LogP contribution >= 0.6 is 0 Å². The van der Waals surface area contributed by atoms with E-state index in [-0.39, 0.29) is 5.41 Å². The molecule has 10 aromatic rings. The second-order valence-corrected chi connectivity index (χ2v) is 16.6. The first-order chi connectivity index (χ1) is 30.6. The van der Waals surface area contributed by atoms with Gasteiger partial charge < -0.3 is 9.64 Å². The van der Waals surface area contributed by atoms with Gasteiger partial charge in [0.05, 0.1) is 11.4 Å². The highest BCUT2D eigenvalue weighted by atomic mass is 16.5. The fourth-order valence-corrected chi connectivity index (χ4v) is 10.1. The topological polar surface area (TPSA) is 12.5 Å². The lowest BCUT2D eigenvalue weighted by molar-refractivity contribution is 0.487. The number of fused-ring (bicyclic) bond motifs is 5. The van der Waals surface area contributed by atoms with Gasteiger partial charge in [0.1, 0.15) is 11.5 Å². The van der Waals surface area contributed by atoms with E-state index in [9.17, 15) is 0 Å². The third kappa shape index (κ3) is 5.65. The fourth-order valence-electron chi connectivity index (χ4n) is 10.1. The minimum Gasteiger partial charge on any atom is -0.456 e. The molecule has 0 spiro atoms. The second kappa shape index (κ2) is 14.4. The van der Waals surface area contributed by atoms with Crippen molar-refractivity contribution in [3.63, 3.8) is 0 Å². The van der Waals surface area contributed by atoms with E-state index in [0.717, 1.165) is 50.6 Å². The maximum absolute atomic E-state index is 6.56. The molecule has 0 N–H and O–H groups in total. The highest BCUT2D eigenvalue weighted by molar-refractivity contribution is 6.05. The lowest BCUT2D eigenvalue weighted by atomic mass is 9.74. The number of benzene rings is 10. The van der Waals surface area contributed by atoms with Crippen LogP contribution < -0.4 is 9.64 Å². The molecular formula is C60H41NO. The standard InChI is InChI=1S/C60H41NO/c1-60(46-19-6-3-7-20-46)52-24-10-8-22-50(52)59-53(60)25-14-27-55(59)61(47-36-33-43(34-37-47)42-31-29-41(30-32-42)40-15-4-2-5-16-40)54-26-11-9-21-48(54)45-35-38-56-51(39-45)49-23-12-17-44-18-13-28-57(62-56)58(44)49/h2-39H,1H3. The quantitative estimate of drug-likeness (QED) is 0.159. The van der Waals surface area contributed by atoms with Gasteiger partial charge in [-0.3, -0.25) is 0 Å². The number of hydrogen-bond acceptors (Lipinski definition) is 2. The molecule has 1 atom stereocenters. The molecule has 1 unspecified atom stereocenters. The van der Waals surface area contributed by atoms with Gasteiger partial charge in [0.15, 0.2) is 0 Å². The Morgan fingerprint density at radius 2 is 0.919 bits per heavy atom. The van der Waals surface area contributed by atoms with Gasteiger partial charge in [-0.2, -0.15) is 0 Å². The zero-order chi connectivity index (χ0) is 41.2. The van der Waals surface area contributed by atoms with Crippen LogP contribution in [0.25, 0.3) is 66.4 Å². The molecule has 2 aliphatic rings. The van der Waals surface area contributed by atoms with Crippen molar-refractivity contribution in [2.75, 3.05) is 4.90 Å². The molecule has 12 rings (SSSR count). The van der Waals surface area contributed by atoms with Crippen LogP contribution in [0.1, 0.15) is 23.6 Å². The van der Waals surface area contributed by atoms with Gasteiger partial charge in [-0.1, -0.05) is 188 Å². The van der Waals surface area contributed by atoms with Crippen molar-refractivity contribution in [1.29, 1.82) is 0 Å². The molecule has 0 bridgehead atoms. The van der Waals surface area contributed by atoms with Gasteiger partial charge in [0, 0.05) is 33.2 Å². The SMILES string of the molecule is CC1(c2ccccc2)c2ccccc2-c2c(N(c3ccc(-c4ccc(-c5ccccc5)cc4)cc3)c3ccccc3-c3ccc4c(c3)-c3cccc5cccc(c35)O4)cccc21. The van der Waals surface area contributed by atoms with E-state index >= 15 is 0 Å². The Hall–Kier alpha value is -7.94. The molecule has 1 aliphatic carbocycles. The van der Waals surface area contributed by atoms with Crippen LogP contribution in [-0.4, -0.2) is 0 Å². The Balaban J connectivity index is 1.04. The monoisotopic (exact) mass is 791 g/mol. The average Bonchev–Trinajstić information content (AvgIpc) is 3.62. The molecular weight excluding hydrogens is 751 g/mol. The Bertz CT molecular complexity index is 3310. The Kier molecular flexibility index (Phi) is 8.33. The number of rotatable bonds is 7. The van der Waals surface area contributed by atoms with Crippen LogP contribution in [0.3, 0.4) is 0 Å². The summed E-state index contributed by atoms with van der Waals surface area (Å²) >= 11 is 0. The molecule has 0 radical (unpaired) electrons. The molecule has 292 valence electrons. The number of nitrogens with zero attached hydrogens (tertiary/aromatic N) is 1. The van der Waals surface area contributed by atoms with Crippen LogP contribution in [-0.2, 0) is 5.41 Å². The summed E-state index contributed by atoms with van der Waals surface area (Å²) in [5.41, 5.74) is 18.8. The predicted molar refractivity (Wildman–Crippen MR) is 258 cm³/mol. The highest BCUT2D eigenvalue weighted by Crippen LogP contribution is 2.57. The first kappa shape index (κ1) is 36.0. The van der Waals surface area contributed by atoms with Crippen molar-refractivity contribution in [2.24, 2.45) is 0 Å². The van der Waals surface area contributed by atoms with Gasteiger partial charge in [-0.25, -0.2) is 0 Å². The van der Waals surface area contributed by atoms with E-state index in [1.165, 1.54) is 61.0 Å². The zero-order valence-electron chi connectivity index (χ0n) is 34.3. The Morgan fingerprint density at radius 1 is 0.371 bits per heavy atom. The number of para-hydroxylation sites is 1. The fraction of sp³-hybridized carbons (Fsp3) is 0.0333. The molecule has 0 saturated heterocycles. The molecule has 2 heteroatoms. The number of anilines is 3. The summed E-state index contributed by atoms with van der Waals surface area (Å²) in [6.07, 6.45) is 0. The summed E-state index contributed by atoms with van der Waals surface area (Å²) in [7, 11) is 0. The van der Waals surface area contributed by atoms with E-state index in [1.54, 1.807) is 0 Å². The summed E-state index contributed by atoms with van der Waals surface area (Å²) in [5.74, 6) is 1.78. The molecule has 10 aromatic carbocycles. The molecule has 0 aromatic heterocycles. The van der Waals surface area contributed by atoms with E-state index in [4.69, 9.17) is 4.74 Å². The van der Waals surface area contributed by atoms with Crippen molar-refractivity contribution >= 4 is 27.8 Å². The van der Waals surface area contributed by atoms with E-state index in [2.05, 4.69) is 242 Å². The third-order valence-corrected chi connectivity index (χ3v) is 13.2. The summed E-state index contributed by atoms with van der Waals surface area (Å²) in [5, 5.41) is 2.34. The first-order valence-corrected chi connectivity index (χ1v) is 21.4.